The Morgan fingerprint density at radius 3 is 2.56 bits per heavy atom. The predicted octanol–water partition coefficient (Wildman–Crippen LogP) is 2.84. The largest absolute Gasteiger partial charge is 0.465 e. The van der Waals surface area contributed by atoms with Crippen molar-refractivity contribution in [2.45, 2.75) is 19.0 Å². The number of carbonyl (C=O) groups is 1. The van der Waals surface area contributed by atoms with Gasteiger partial charge in [-0.15, -0.1) is 10.2 Å². The molecular weight excluding hydrogens is 362 g/mol. The number of benzene rings is 1. The number of rotatable bonds is 6. The van der Waals surface area contributed by atoms with Crippen LogP contribution < -0.4 is 10.9 Å². The minimum atomic E-state index is -2.90. The van der Waals surface area contributed by atoms with E-state index in [1.807, 2.05) is 0 Å². The Bertz CT molecular complexity index is 988. The first-order valence-corrected chi connectivity index (χ1v) is 7.81. The van der Waals surface area contributed by atoms with Crippen LogP contribution in [0.5, 0.6) is 0 Å². The van der Waals surface area contributed by atoms with Crippen molar-refractivity contribution in [3.63, 3.8) is 0 Å². The fourth-order valence-electron chi connectivity index (χ4n) is 2.50. The zero-order valence-corrected chi connectivity index (χ0v) is 13.8. The molecule has 0 spiro atoms. The maximum absolute atomic E-state index is 12.5. The average Bonchev–Trinajstić information content (AvgIpc) is 3.13. The van der Waals surface area contributed by atoms with Crippen molar-refractivity contribution in [3.8, 4) is 11.5 Å². The molecule has 2 aromatic heterocycles. The minimum absolute atomic E-state index is 0.0432. The fourth-order valence-corrected chi connectivity index (χ4v) is 2.50. The molecule has 0 bridgehead atoms. The van der Waals surface area contributed by atoms with Crippen LogP contribution in [0.4, 0.5) is 13.6 Å². The molecular formula is C17H14F2N4O4. The average molecular weight is 376 g/mol. The number of carboxylic acid groups (broad SMARTS) is 1. The monoisotopic (exact) mass is 376 g/mol. The Morgan fingerprint density at radius 2 is 1.96 bits per heavy atom. The van der Waals surface area contributed by atoms with Gasteiger partial charge in [-0.1, -0.05) is 30.3 Å². The lowest BCUT2D eigenvalue weighted by atomic mass is 10.1. The van der Waals surface area contributed by atoms with Crippen molar-refractivity contribution in [2.24, 2.45) is 0 Å². The van der Waals surface area contributed by atoms with Gasteiger partial charge in [0.2, 0.25) is 5.89 Å². The van der Waals surface area contributed by atoms with E-state index < -0.39 is 30.0 Å². The van der Waals surface area contributed by atoms with Gasteiger partial charge in [-0.3, -0.25) is 4.79 Å². The summed E-state index contributed by atoms with van der Waals surface area (Å²) in [6.07, 6.45) is -2.72. The van der Waals surface area contributed by atoms with Crippen LogP contribution in [0.2, 0.25) is 0 Å². The van der Waals surface area contributed by atoms with Crippen LogP contribution in [0, 0.1) is 0 Å². The number of pyridine rings is 1. The molecule has 0 saturated heterocycles. The maximum atomic E-state index is 12.5. The first-order valence-electron chi connectivity index (χ1n) is 7.81. The molecule has 8 nitrogen and oxygen atoms in total. The molecule has 1 amide bonds. The van der Waals surface area contributed by atoms with Gasteiger partial charge in [0.15, 0.2) is 0 Å². The van der Waals surface area contributed by atoms with E-state index in [0.29, 0.717) is 5.56 Å². The van der Waals surface area contributed by atoms with Crippen LogP contribution in [0.1, 0.15) is 23.9 Å². The van der Waals surface area contributed by atoms with Gasteiger partial charge < -0.3 is 19.4 Å². The Morgan fingerprint density at radius 1 is 1.22 bits per heavy atom. The summed E-state index contributed by atoms with van der Waals surface area (Å²) in [6.45, 7) is 0.0432. The third-order valence-electron chi connectivity index (χ3n) is 3.75. The lowest BCUT2D eigenvalue weighted by molar-refractivity contribution is 0.116. The summed E-state index contributed by atoms with van der Waals surface area (Å²) in [6, 6.07) is 10.7. The Kier molecular flexibility index (Phi) is 5.25. The molecule has 2 heterocycles. The lowest BCUT2D eigenvalue weighted by Gasteiger charge is -2.18. The summed E-state index contributed by atoms with van der Waals surface area (Å²) in [5.74, 6) is -1.03. The van der Waals surface area contributed by atoms with Crippen LogP contribution in [0.15, 0.2) is 57.9 Å². The van der Waals surface area contributed by atoms with Gasteiger partial charge in [-0.25, -0.2) is 4.79 Å². The van der Waals surface area contributed by atoms with E-state index >= 15 is 0 Å². The zero-order valence-electron chi connectivity index (χ0n) is 13.8. The molecule has 0 aliphatic heterocycles. The van der Waals surface area contributed by atoms with Crippen LogP contribution in [-0.4, -0.2) is 26.0 Å². The summed E-state index contributed by atoms with van der Waals surface area (Å²) in [5, 5.41) is 18.1. The third kappa shape index (κ3) is 4.35. The van der Waals surface area contributed by atoms with Crippen molar-refractivity contribution < 1.29 is 23.1 Å². The first kappa shape index (κ1) is 18.2. The second-order valence-corrected chi connectivity index (χ2v) is 5.56. The molecule has 1 aromatic carbocycles. The molecule has 0 saturated carbocycles. The quantitative estimate of drug-likeness (QED) is 0.684. The maximum Gasteiger partial charge on any atom is 0.405 e. The van der Waals surface area contributed by atoms with Crippen LogP contribution in [-0.2, 0) is 6.54 Å². The Labute approximate surface area is 151 Å². The number of hydrogen-bond donors (Lipinski definition) is 2. The van der Waals surface area contributed by atoms with E-state index in [9.17, 15) is 18.4 Å². The number of nitrogens with zero attached hydrogens (tertiary/aromatic N) is 3. The molecule has 3 aromatic rings. The number of amides is 1. The highest BCUT2D eigenvalue weighted by atomic mass is 19.3. The van der Waals surface area contributed by atoms with E-state index in [0.717, 1.165) is 6.07 Å². The van der Waals surface area contributed by atoms with Crippen LogP contribution >= 0.6 is 0 Å². The van der Waals surface area contributed by atoms with E-state index in [4.69, 9.17) is 9.52 Å². The van der Waals surface area contributed by atoms with Gasteiger partial charge in [-0.05, 0) is 11.6 Å². The van der Waals surface area contributed by atoms with Crippen molar-refractivity contribution in [3.05, 3.63) is 70.5 Å². The number of hydrogen-bond acceptors (Lipinski definition) is 5. The van der Waals surface area contributed by atoms with Crippen molar-refractivity contribution in [1.29, 1.82) is 0 Å². The van der Waals surface area contributed by atoms with Gasteiger partial charge in [0.25, 0.3) is 11.4 Å². The summed E-state index contributed by atoms with van der Waals surface area (Å²) in [4.78, 5) is 23.4. The van der Waals surface area contributed by atoms with Crippen molar-refractivity contribution in [2.75, 3.05) is 0 Å². The third-order valence-corrected chi connectivity index (χ3v) is 3.75. The lowest BCUT2D eigenvalue weighted by Crippen LogP contribution is -2.33. The zero-order chi connectivity index (χ0) is 19.4. The van der Waals surface area contributed by atoms with Crippen LogP contribution in [0.25, 0.3) is 11.5 Å². The number of alkyl halides is 2. The highest BCUT2D eigenvalue weighted by molar-refractivity contribution is 5.65. The molecule has 2 N–H and O–H groups in total. The minimum Gasteiger partial charge on any atom is -0.465 e. The Balaban J connectivity index is 1.85. The molecule has 140 valence electrons. The summed E-state index contributed by atoms with van der Waals surface area (Å²) >= 11 is 0. The van der Waals surface area contributed by atoms with E-state index in [-0.39, 0.29) is 18.0 Å². The molecule has 0 fully saturated rings. The van der Waals surface area contributed by atoms with Gasteiger partial charge in [-0.2, -0.15) is 8.78 Å². The second kappa shape index (κ2) is 7.77. The smallest absolute Gasteiger partial charge is 0.405 e. The van der Waals surface area contributed by atoms with E-state index in [1.165, 1.54) is 16.8 Å². The SMILES string of the molecule is O=C(O)N[C@@H](Cn1ccc(-c2nnc(C(F)F)o2)cc1=O)c1ccccc1. The highest BCUT2D eigenvalue weighted by Crippen LogP contribution is 2.22. The summed E-state index contributed by atoms with van der Waals surface area (Å²) in [5.41, 5.74) is 0.407. The van der Waals surface area contributed by atoms with E-state index in [2.05, 4.69) is 15.5 Å². The summed E-state index contributed by atoms with van der Waals surface area (Å²) in [7, 11) is 0. The Hall–Kier alpha value is -3.56. The molecule has 0 unspecified atom stereocenters. The molecule has 27 heavy (non-hydrogen) atoms. The van der Waals surface area contributed by atoms with Crippen molar-refractivity contribution in [1.82, 2.24) is 20.1 Å². The fraction of sp³-hybridized carbons (Fsp3) is 0.176. The molecule has 0 aliphatic carbocycles. The first-order chi connectivity index (χ1) is 12.9. The number of nitrogens with one attached hydrogen (secondary N) is 1. The van der Waals surface area contributed by atoms with Gasteiger partial charge in [0.1, 0.15) is 0 Å². The normalized spacial score (nSPS) is 12.1. The predicted molar refractivity (Wildman–Crippen MR) is 89.3 cm³/mol. The van der Waals surface area contributed by atoms with Crippen LogP contribution in [0.3, 0.4) is 0 Å². The molecule has 0 aliphatic rings. The van der Waals surface area contributed by atoms with Gasteiger partial charge >= 0.3 is 12.5 Å². The number of aromatic nitrogens is 3. The molecule has 1 atom stereocenters. The van der Waals surface area contributed by atoms with Gasteiger partial charge in [0, 0.05) is 17.8 Å². The molecule has 3 rings (SSSR count). The highest BCUT2D eigenvalue weighted by Gasteiger charge is 2.18. The standard InChI is InChI=1S/C17H14F2N4O4/c18-14(19)16-22-21-15(27-16)11-6-7-23(13(24)8-11)9-12(20-17(25)26)10-4-2-1-3-5-10/h1-8,12,14,20H,9H2,(H,25,26)/t12-/m0/s1. The molecule has 0 radical (unpaired) electrons. The van der Waals surface area contributed by atoms with Crippen molar-refractivity contribution >= 4 is 6.09 Å². The number of halogens is 2. The summed E-state index contributed by atoms with van der Waals surface area (Å²) < 4.78 is 31.2. The molecule has 10 heteroatoms. The topological polar surface area (TPSA) is 110 Å². The van der Waals surface area contributed by atoms with Gasteiger partial charge in [0.05, 0.1) is 12.6 Å². The second-order valence-electron chi connectivity index (χ2n) is 5.56. The van der Waals surface area contributed by atoms with E-state index in [1.54, 1.807) is 30.3 Å².